The van der Waals surface area contributed by atoms with E-state index < -0.39 is 0 Å². The zero-order valence-corrected chi connectivity index (χ0v) is 17.2. The van der Waals surface area contributed by atoms with Crippen LogP contribution in [0.25, 0.3) is 21.5 Å². The first kappa shape index (κ1) is 19.9. The number of hydrogen-bond donors (Lipinski definition) is 3. The molecule has 0 aromatic heterocycles. The number of carbonyl (C=O) groups excluding carboxylic acids is 1. The topological polar surface area (TPSA) is 53.2 Å². The molecule has 4 nitrogen and oxygen atoms in total. The highest BCUT2D eigenvalue weighted by Crippen LogP contribution is 2.28. The van der Waals surface area contributed by atoms with Crippen molar-refractivity contribution in [2.75, 3.05) is 30.3 Å². The van der Waals surface area contributed by atoms with Gasteiger partial charge in [-0.3, -0.25) is 4.79 Å². The summed E-state index contributed by atoms with van der Waals surface area (Å²) < 4.78 is 0. The van der Waals surface area contributed by atoms with Crippen LogP contribution in [0.3, 0.4) is 0 Å². The Morgan fingerprint density at radius 1 is 0.767 bits per heavy atom. The second-order valence-corrected chi connectivity index (χ2v) is 7.35. The van der Waals surface area contributed by atoms with Crippen molar-refractivity contribution in [3.63, 3.8) is 0 Å². The Morgan fingerprint density at radius 3 is 2.27 bits per heavy atom. The molecule has 0 saturated carbocycles. The third kappa shape index (κ3) is 4.44. The summed E-state index contributed by atoms with van der Waals surface area (Å²) >= 11 is 0. The lowest BCUT2D eigenvalue weighted by Gasteiger charge is -2.14. The number of amides is 1. The molecule has 0 aliphatic rings. The van der Waals surface area contributed by atoms with Crippen LogP contribution in [0.1, 0.15) is 12.5 Å². The molecule has 0 spiro atoms. The first-order chi connectivity index (χ1) is 14.8. The number of benzene rings is 4. The number of aryl methyl sites for hydroxylation is 1. The molecule has 0 radical (unpaired) electrons. The predicted molar refractivity (Wildman–Crippen MR) is 127 cm³/mol. The number of carbonyl (C=O) groups is 1. The van der Waals surface area contributed by atoms with Crippen molar-refractivity contribution < 1.29 is 4.79 Å². The van der Waals surface area contributed by atoms with Crippen molar-refractivity contribution in [2.45, 2.75) is 13.3 Å². The second-order valence-electron chi connectivity index (χ2n) is 7.35. The van der Waals surface area contributed by atoms with Gasteiger partial charge in [0.2, 0.25) is 5.91 Å². The molecule has 0 fully saturated rings. The highest BCUT2D eigenvalue weighted by atomic mass is 16.1. The van der Waals surface area contributed by atoms with Crippen LogP contribution in [0.2, 0.25) is 0 Å². The van der Waals surface area contributed by atoms with E-state index in [-0.39, 0.29) is 12.5 Å². The fourth-order valence-corrected chi connectivity index (χ4v) is 3.81. The molecular weight excluding hydrogens is 370 g/mol. The van der Waals surface area contributed by atoms with Crippen molar-refractivity contribution in [3.8, 4) is 0 Å². The molecule has 3 N–H and O–H groups in total. The van der Waals surface area contributed by atoms with Crippen molar-refractivity contribution in [1.82, 2.24) is 5.32 Å². The van der Waals surface area contributed by atoms with Gasteiger partial charge in [0.25, 0.3) is 0 Å². The molecule has 4 aromatic carbocycles. The molecule has 152 valence electrons. The molecule has 4 heteroatoms. The van der Waals surface area contributed by atoms with E-state index >= 15 is 0 Å². The van der Waals surface area contributed by atoms with E-state index in [1.165, 1.54) is 10.8 Å². The molecule has 0 bridgehead atoms. The fourth-order valence-electron chi connectivity index (χ4n) is 3.81. The molecule has 0 saturated heterocycles. The minimum Gasteiger partial charge on any atom is -0.383 e. The molecule has 4 aromatic rings. The average Bonchev–Trinajstić information content (AvgIpc) is 2.79. The first-order valence-electron chi connectivity index (χ1n) is 10.5. The largest absolute Gasteiger partial charge is 0.383 e. The van der Waals surface area contributed by atoms with Gasteiger partial charge >= 0.3 is 0 Å². The lowest BCUT2D eigenvalue weighted by Crippen LogP contribution is -2.31. The summed E-state index contributed by atoms with van der Waals surface area (Å²) in [4.78, 5) is 12.5. The summed E-state index contributed by atoms with van der Waals surface area (Å²) in [6.45, 7) is 3.84. The molecule has 0 heterocycles. The SMILES string of the molecule is CCc1ccc2ccccc2c1NC(=O)CNCCNc1cccc2ccccc12. The fraction of sp³-hybridized carbons (Fsp3) is 0.192. The van der Waals surface area contributed by atoms with Crippen LogP contribution in [-0.2, 0) is 11.2 Å². The summed E-state index contributed by atoms with van der Waals surface area (Å²) in [6.07, 6.45) is 0.878. The van der Waals surface area contributed by atoms with E-state index in [0.717, 1.165) is 40.7 Å². The molecule has 1 amide bonds. The molecule has 30 heavy (non-hydrogen) atoms. The van der Waals surface area contributed by atoms with Crippen LogP contribution in [0, 0.1) is 0 Å². The maximum absolute atomic E-state index is 12.5. The first-order valence-corrected chi connectivity index (χ1v) is 10.5. The Labute approximate surface area is 177 Å². The Hall–Kier alpha value is -3.37. The van der Waals surface area contributed by atoms with Crippen molar-refractivity contribution in [3.05, 3.63) is 84.4 Å². The number of fused-ring (bicyclic) bond motifs is 2. The Balaban J connectivity index is 1.31. The van der Waals surface area contributed by atoms with Gasteiger partial charge in [-0.15, -0.1) is 0 Å². The smallest absolute Gasteiger partial charge is 0.238 e. The van der Waals surface area contributed by atoms with Crippen LogP contribution in [-0.4, -0.2) is 25.5 Å². The molecule has 4 rings (SSSR count). The van der Waals surface area contributed by atoms with Gasteiger partial charge in [0.1, 0.15) is 0 Å². The Bertz CT molecular complexity index is 1160. The monoisotopic (exact) mass is 397 g/mol. The quantitative estimate of drug-likeness (QED) is 0.358. The van der Waals surface area contributed by atoms with E-state index in [4.69, 9.17) is 0 Å². The van der Waals surface area contributed by atoms with Crippen molar-refractivity contribution in [1.29, 1.82) is 0 Å². The highest BCUT2D eigenvalue weighted by molar-refractivity contribution is 6.04. The van der Waals surface area contributed by atoms with Crippen molar-refractivity contribution in [2.24, 2.45) is 0 Å². The number of rotatable bonds is 8. The van der Waals surface area contributed by atoms with Gasteiger partial charge in [-0.05, 0) is 28.8 Å². The normalized spacial score (nSPS) is 11.0. The third-order valence-electron chi connectivity index (χ3n) is 5.35. The molecular formula is C26H27N3O. The summed E-state index contributed by atoms with van der Waals surface area (Å²) in [6, 6.07) is 26.9. The molecule has 0 unspecified atom stereocenters. The predicted octanol–water partition coefficient (Wildman–Crippen LogP) is 5.20. The van der Waals surface area contributed by atoms with Crippen LogP contribution in [0.15, 0.2) is 78.9 Å². The van der Waals surface area contributed by atoms with Gasteiger partial charge in [-0.2, -0.15) is 0 Å². The van der Waals surface area contributed by atoms with Crippen molar-refractivity contribution >= 4 is 38.8 Å². The number of anilines is 2. The van der Waals surface area contributed by atoms with Gasteiger partial charge < -0.3 is 16.0 Å². The number of nitrogens with one attached hydrogen (secondary N) is 3. The Morgan fingerprint density at radius 2 is 1.47 bits per heavy atom. The lowest BCUT2D eigenvalue weighted by atomic mass is 10.0. The average molecular weight is 398 g/mol. The molecule has 0 atom stereocenters. The lowest BCUT2D eigenvalue weighted by molar-refractivity contribution is -0.115. The van der Waals surface area contributed by atoms with Gasteiger partial charge in [-0.1, -0.05) is 79.7 Å². The van der Waals surface area contributed by atoms with Gasteiger partial charge in [-0.25, -0.2) is 0 Å². The standard InChI is InChI=1S/C26H27N3O/c1-2-19-14-15-21-9-4-6-12-23(21)26(19)29-25(30)18-27-16-17-28-24-13-7-10-20-8-3-5-11-22(20)24/h3-15,27-28H,2,16-18H2,1H3,(H,29,30). The van der Waals surface area contributed by atoms with Gasteiger partial charge in [0, 0.05) is 29.5 Å². The second kappa shape index (κ2) is 9.42. The molecule has 0 aliphatic carbocycles. The number of hydrogen-bond acceptors (Lipinski definition) is 3. The maximum Gasteiger partial charge on any atom is 0.238 e. The van der Waals surface area contributed by atoms with Crippen LogP contribution in [0.5, 0.6) is 0 Å². The molecule has 0 aliphatic heterocycles. The minimum atomic E-state index is -0.0220. The van der Waals surface area contributed by atoms with Crippen LogP contribution >= 0.6 is 0 Å². The van der Waals surface area contributed by atoms with E-state index in [1.54, 1.807) is 0 Å². The van der Waals surface area contributed by atoms with Crippen LogP contribution < -0.4 is 16.0 Å². The van der Waals surface area contributed by atoms with Crippen LogP contribution in [0.4, 0.5) is 11.4 Å². The maximum atomic E-state index is 12.5. The Kier molecular flexibility index (Phi) is 6.26. The summed E-state index contributed by atoms with van der Waals surface area (Å²) in [5.74, 6) is -0.0220. The van der Waals surface area contributed by atoms with E-state index in [0.29, 0.717) is 6.54 Å². The van der Waals surface area contributed by atoms with E-state index in [1.807, 2.05) is 24.3 Å². The summed E-state index contributed by atoms with van der Waals surface area (Å²) in [5, 5.41) is 14.5. The summed E-state index contributed by atoms with van der Waals surface area (Å²) in [5.41, 5.74) is 3.19. The zero-order valence-electron chi connectivity index (χ0n) is 17.2. The van der Waals surface area contributed by atoms with E-state index in [9.17, 15) is 4.79 Å². The van der Waals surface area contributed by atoms with Gasteiger partial charge in [0.05, 0.1) is 12.2 Å². The van der Waals surface area contributed by atoms with Gasteiger partial charge in [0.15, 0.2) is 0 Å². The van der Waals surface area contributed by atoms with E-state index in [2.05, 4.69) is 77.5 Å². The highest BCUT2D eigenvalue weighted by Gasteiger charge is 2.10. The third-order valence-corrected chi connectivity index (χ3v) is 5.35. The zero-order chi connectivity index (χ0) is 20.8. The summed E-state index contributed by atoms with van der Waals surface area (Å²) in [7, 11) is 0. The minimum absolute atomic E-state index is 0.0220.